The first-order valence-corrected chi connectivity index (χ1v) is 10.1. The second-order valence-corrected chi connectivity index (χ2v) is 7.62. The summed E-state index contributed by atoms with van der Waals surface area (Å²) in [4.78, 5) is 0. The number of benzene rings is 2. The number of hydrogen-bond donors (Lipinski definition) is 2. The summed E-state index contributed by atoms with van der Waals surface area (Å²) in [5.74, 6) is 0.545. The summed E-state index contributed by atoms with van der Waals surface area (Å²) in [6.07, 6.45) is 0.932. The topological polar surface area (TPSA) is 97.0 Å². The molecule has 30 heavy (non-hydrogen) atoms. The number of halogens is 2. The van der Waals surface area contributed by atoms with Crippen LogP contribution in [0.15, 0.2) is 53.9 Å². The number of rotatable bonds is 5. The lowest BCUT2D eigenvalue weighted by atomic mass is 9.83. The summed E-state index contributed by atoms with van der Waals surface area (Å²) in [6, 6.07) is 14.9. The van der Waals surface area contributed by atoms with E-state index in [2.05, 4.69) is 23.2 Å². The van der Waals surface area contributed by atoms with E-state index >= 15 is 0 Å². The largest absolute Gasteiger partial charge is 0.494 e. The lowest BCUT2D eigenvalue weighted by molar-refractivity contribution is 0.317. The van der Waals surface area contributed by atoms with Gasteiger partial charge in [0.25, 0.3) is 0 Å². The SMILES string of the molecule is CCCOc1ccc(-c2[nH]nc3c2C(c2ccc(Cl)cc2Cl)C(C#N)=C(N)O3)cc1. The number of nitriles is 1. The third-order valence-electron chi connectivity index (χ3n) is 4.83. The van der Waals surface area contributed by atoms with Gasteiger partial charge in [-0.25, -0.2) is 0 Å². The maximum atomic E-state index is 9.80. The highest BCUT2D eigenvalue weighted by Gasteiger charge is 2.36. The molecule has 6 nitrogen and oxygen atoms in total. The zero-order valence-corrected chi connectivity index (χ0v) is 17.6. The molecule has 0 aliphatic carbocycles. The van der Waals surface area contributed by atoms with E-state index in [4.69, 9.17) is 38.4 Å². The van der Waals surface area contributed by atoms with Crippen LogP contribution < -0.4 is 15.2 Å². The Morgan fingerprint density at radius 3 is 2.67 bits per heavy atom. The highest BCUT2D eigenvalue weighted by atomic mass is 35.5. The van der Waals surface area contributed by atoms with Gasteiger partial charge in [0.1, 0.15) is 17.4 Å². The van der Waals surface area contributed by atoms with E-state index in [1.807, 2.05) is 24.3 Å². The minimum absolute atomic E-state index is 0.00220. The van der Waals surface area contributed by atoms with Crippen LogP contribution in [0.4, 0.5) is 0 Å². The molecule has 0 saturated carbocycles. The second-order valence-electron chi connectivity index (χ2n) is 6.78. The monoisotopic (exact) mass is 440 g/mol. The standard InChI is InChI=1S/C22H18Cl2N4O2/c1-2-9-29-14-6-3-12(4-7-14)20-19-18(15-8-5-13(23)10-17(15)24)16(11-25)21(26)30-22(19)28-27-20/h3-8,10,18H,2,9,26H2,1H3,(H,27,28). The number of ether oxygens (including phenoxy) is 2. The van der Waals surface area contributed by atoms with Gasteiger partial charge in [0.05, 0.1) is 23.8 Å². The van der Waals surface area contributed by atoms with Crippen LogP contribution in [0.3, 0.4) is 0 Å². The molecule has 8 heteroatoms. The van der Waals surface area contributed by atoms with Gasteiger partial charge in [0.15, 0.2) is 0 Å². The van der Waals surface area contributed by atoms with Gasteiger partial charge in [-0.2, -0.15) is 5.26 Å². The quantitative estimate of drug-likeness (QED) is 0.553. The molecule has 2 aromatic carbocycles. The average molecular weight is 441 g/mol. The molecule has 1 aliphatic rings. The molecule has 1 atom stereocenters. The van der Waals surface area contributed by atoms with Crippen molar-refractivity contribution in [2.45, 2.75) is 19.3 Å². The summed E-state index contributed by atoms with van der Waals surface area (Å²) < 4.78 is 11.3. The van der Waals surface area contributed by atoms with Crippen LogP contribution in [0.5, 0.6) is 11.6 Å². The summed E-state index contributed by atoms with van der Waals surface area (Å²) in [5, 5.41) is 18.0. The predicted molar refractivity (Wildman–Crippen MR) is 116 cm³/mol. The number of nitrogens with two attached hydrogens (primary N) is 1. The normalized spacial score (nSPS) is 15.3. The van der Waals surface area contributed by atoms with E-state index in [-0.39, 0.29) is 11.5 Å². The molecule has 0 bridgehead atoms. The van der Waals surface area contributed by atoms with Crippen molar-refractivity contribution in [2.75, 3.05) is 6.61 Å². The molecule has 0 fully saturated rings. The van der Waals surface area contributed by atoms with Crippen molar-refractivity contribution >= 4 is 23.2 Å². The lowest BCUT2D eigenvalue weighted by Gasteiger charge is -2.25. The van der Waals surface area contributed by atoms with Crippen molar-refractivity contribution in [3.05, 3.63) is 75.1 Å². The molecule has 2 heterocycles. The minimum atomic E-state index is -0.548. The molecule has 0 radical (unpaired) electrons. The van der Waals surface area contributed by atoms with E-state index in [1.54, 1.807) is 18.2 Å². The Morgan fingerprint density at radius 2 is 2.00 bits per heavy atom. The number of fused-ring (bicyclic) bond motifs is 1. The molecule has 1 aromatic heterocycles. The number of aromatic nitrogens is 2. The molecular formula is C22H18Cl2N4O2. The first kappa shape index (κ1) is 20.1. The number of allylic oxidation sites excluding steroid dienone is 1. The third kappa shape index (κ3) is 3.58. The highest BCUT2D eigenvalue weighted by molar-refractivity contribution is 6.35. The van der Waals surface area contributed by atoms with Gasteiger partial charge in [-0.3, -0.25) is 5.10 Å². The zero-order chi connectivity index (χ0) is 21.3. The molecule has 3 N–H and O–H groups in total. The first-order valence-electron chi connectivity index (χ1n) is 9.37. The Kier molecular flexibility index (Phi) is 5.58. The van der Waals surface area contributed by atoms with Gasteiger partial charge in [0, 0.05) is 15.6 Å². The third-order valence-corrected chi connectivity index (χ3v) is 5.39. The van der Waals surface area contributed by atoms with Gasteiger partial charge in [-0.15, -0.1) is 5.10 Å². The Balaban J connectivity index is 1.84. The molecule has 4 rings (SSSR count). The fraction of sp³-hybridized carbons (Fsp3) is 0.182. The van der Waals surface area contributed by atoms with Crippen LogP contribution in [0.2, 0.25) is 10.0 Å². The Hall–Kier alpha value is -3.14. The van der Waals surface area contributed by atoms with Crippen LogP contribution in [0.1, 0.15) is 30.4 Å². The highest BCUT2D eigenvalue weighted by Crippen LogP contribution is 2.47. The maximum Gasteiger partial charge on any atom is 0.244 e. The summed E-state index contributed by atoms with van der Waals surface area (Å²) in [7, 11) is 0. The molecule has 152 valence electrons. The van der Waals surface area contributed by atoms with Crippen LogP contribution >= 0.6 is 23.2 Å². The van der Waals surface area contributed by atoms with Crippen LogP contribution in [0.25, 0.3) is 11.3 Å². The van der Waals surface area contributed by atoms with Gasteiger partial charge < -0.3 is 15.2 Å². The van der Waals surface area contributed by atoms with Gasteiger partial charge in [0.2, 0.25) is 11.8 Å². The van der Waals surface area contributed by atoms with Crippen LogP contribution in [-0.4, -0.2) is 16.8 Å². The number of nitrogens with zero attached hydrogens (tertiary/aromatic N) is 2. The average Bonchev–Trinajstić information content (AvgIpc) is 3.15. The fourth-order valence-corrected chi connectivity index (χ4v) is 3.97. The number of aromatic amines is 1. The van der Waals surface area contributed by atoms with Crippen molar-refractivity contribution in [3.8, 4) is 29.0 Å². The van der Waals surface area contributed by atoms with E-state index in [9.17, 15) is 5.26 Å². The van der Waals surface area contributed by atoms with Crippen molar-refractivity contribution in [1.82, 2.24) is 10.2 Å². The Bertz CT molecular complexity index is 1160. The fourth-order valence-electron chi connectivity index (χ4n) is 3.45. The summed E-state index contributed by atoms with van der Waals surface area (Å²) in [5.41, 5.74) is 9.24. The lowest BCUT2D eigenvalue weighted by Crippen LogP contribution is -2.21. The number of hydrogen-bond acceptors (Lipinski definition) is 5. The molecular weight excluding hydrogens is 423 g/mol. The molecule has 0 saturated heterocycles. The molecule has 1 unspecified atom stereocenters. The Labute approximate surface area is 183 Å². The molecule has 3 aromatic rings. The smallest absolute Gasteiger partial charge is 0.244 e. The van der Waals surface area contributed by atoms with Crippen LogP contribution in [0, 0.1) is 11.3 Å². The van der Waals surface area contributed by atoms with Crippen molar-refractivity contribution in [1.29, 1.82) is 5.26 Å². The van der Waals surface area contributed by atoms with E-state index in [0.29, 0.717) is 39.4 Å². The summed E-state index contributed by atoms with van der Waals surface area (Å²) >= 11 is 12.6. The van der Waals surface area contributed by atoms with Gasteiger partial charge in [-0.05, 0) is 48.4 Å². The summed E-state index contributed by atoms with van der Waals surface area (Å²) in [6.45, 7) is 2.71. The van der Waals surface area contributed by atoms with Crippen LogP contribution in [-0.2, 0) is 0 Å². The van der Waals surface area contributed by atoms with Gasteiger partial charge in [-0.1, -0.05) is 36.2 Å². The zero-order valence-electron chi connectivity index (χ0n) is 16.1. The Morgan fingerprint density at radius 1 is 1.23 bits per heavy atom. The predicted octanol–water partition coefficient (Wildman–Crippen LogP) is 5.39. The van der Waals surface area contributed by atoms with Gasteiger partial charge >= 0.3 is 0 Å². The van der Waals surface area contributed by atoms with E-state index < -0.39 is 5.92 Å². The molecule has 1 aliphatic heterocycles. The number of nitrogens with one attached hydrogen (secondary N) is 1. The van der Waals surface area contributed by atoms with E-state index in [0.717, 1.165) is 17.7 Å². The van der Waals surface area contributed by atoms with Crippen molar-refractivity contribution < 1.29 is 9.47 Å². The maximum absolute atomic E-state index is 9.80. The first-order chi connectivity index (χ1) is 14.5. The second kappa shape index (κ2) is 8.31. The van der Waals surface area contributed by atoms with Crippen molar-refractivity contribution in [3.63, 3.8) is 0 Å². The van der Waals surface area contributed by atoms with E-state index in [1.165, 1.54) is 0 Å². The minimum Gasteiger partial charge on any atom is -0.494 e. The number of H-pyrrole nitrogens is 1. The molecule has 0 spiro atoms. The molecule has 0 amide bonds. The van der Waals surface area contributed by atoms with Crippen molar-refractivity contribution in [2.24, 2.45) is 5.73 Å².